The minimum absolute atomic E-state index is 0.00424. The van der Waals surface area contributed by atoms with Gasteiger partial charge in [-0.25, -0.2) is 9.78 Å². The molecule has 0 aliphatic carbocycles. The van der Waals surface area contributed by atoms with E-state index in [9.17, 15) is 14.9 Å². The zero-order valence-corrected chi connectivity index (χ0v) is 9.92. The fourth-order valence-electron chi connectivity index (χ4n) is 1.25. The average Bonchev–Trinajstić information content (AvgIpc) is 2.90. The number of nitro groups is 1. The number of carbonyl (C=O) groups excluding carboxylic acids is 1. The predicted molar refractivity (Wildman–Crippen MR) is 64.3 cm³/mol. The molecule has 0 atom stereocenters. The Balaban J connectivity index is 1.94. The molecule has 0 saturated heterocycles. The molecule has 0 bridgehead atoms. The summed E-state index contributed by atoms with van der Waals surface area (Å²) in [6, 6.07) is 5.83. The maximum absolute atomic E-state index is 11.5. The molecule has 6 nitrogen and oxygen atoms in total. The van der Waals surface area contributed by atoms with E-state index in [4.69, 9.17) is 4.74 Å². The highest BCUT2D eigenvalue weighted by Gasteiger charge is 2.10. The Morgan fingerprint density at radius 2 is 2.11 bits per heavy atom. The number of aromatic nitrogens is 1. The van der Waals surface area contributed by atoms with Gasteiger partial charge in [-0.05, 0) is 17.7 Å². The van der Waals surface area contributed by atoms with E-state index in [0.29, 0.717) is 5.56 Å². The number of carbonyl (C=O) groups is 1. The van der Waals surface area contributed by atoms with Crippen molar-refractivity contribution in [3.63, 3.8) is 0 Å². The van der Waals surface area contributed by atoms with Crippen LogP contribution in [0.4, 0.5) is 5.69 Å². The number of thiazole rings is 1. The van der Waals surface area contributed by atoms with Crippen LogP contribution >= 0.6 is 11.3 Å². The van der Waals surface area contributed by atoms with E-state index in [1.165, 1.54) is 23.5 Å². The van der Waals surface area contributed by atoms with Gasteiger partial charge in [-0.3, -0.25) is 10.1 Å². The molecule has 0 unspecified atom stereocenters. The molecule has 2 rings (SSSR count). The molecular weight excluding hydrogens is 256 g/mol. The van der Waals surface area contributed by atoms with Crippen LogP contribution < -0.4 is 0 Å². The second kappa shape index (κ2) is 5.37. The molecule has 0 aliphatic heterocycles. The molecule has 0 amide bonds. The van der Waals surface area contributed by atoms with Crippen molar-refractivity contribution in [2.75, 3.05) is 0 Å². The van der Waals surface area contributed by atoms with Gasteiger partial charge in [0, 0.05) is 17.5 Å². The van der Waals surface area contributed by atoms with Crippen LogP contribution in [0, 0.1) is 10.1 Å². The van der Waals surface area contributed by atoms with Gasteiger partial charge in [0.1, 0.15) is 6.61 Å². The molecule has 92 valence electrons. The third-order valence-electron chi connectivity index (χ3n) is 2.16. The Kier molecular flexibility index (Phi) is 3.63. The predicted octanol–water partition coefficient (Wildman–Crippen LogP) is 2.41. The van der Waals surface area contributed by atoms with E-state index >= 15 is 0 Å². The summed E-state index contributed by atoms with van der Waals surface area (Å²) < 4.78 is 5.01. The van der Waals surface area contributed by atoms with Crippen LogP contribution in [-0.4, -0.2) is 15.9 Å². The van der Waals surface area contributed by atoms with Crippen LogP contribution in [0.3, 0.4) is 0 Å². The molecule has 0 radical (unpaired) electrons. The first-order valence-electron chi connectivity index (χ1n) is 4.95. The lowest BCUT2D eigenvalue weighted by Gasteiger charge is -2.02. The molecule has 0 aliphatic rings. The minimum atomic E-state index is -0.505. The number of esters is 1. The van der Waals surface area contributed by atoms with Gasteiger partial charge in [-0.15, -0.1) is 11.3 Å². The summed E-state index contributed by atoms with van der Waals surface area (Å²) in [4.78, 5) is 25.3. The van der Waals surface area contributed by atoms with Crippen molar-refractivity contribution in [3.8, 4) is 0 Å². The maximum Gasteiger partial charge on any atom is 0.358 e. The van der Waals surface area contributed by atoms with Gasteiger partial charge in [0.2, 0.25) is 0 Å². The number of hydrogen-bond acceptors (Lipinski definition) is 6. The zero-order chi connectivity index (χ0) is 13.0. The molecule has 0 N–H and O–H groups in total. The number of ether oxygens (including phenoxy) is 1. The molecule has 0 saturated carbocycles. The smallest absolute Gasteiger partial charge is 0.358 e. The van der Waals surface area contributed by atoms with Crippen LogP contribution in [0.25, 0.3) is 0 Å². The molecule has 0 spiro atoms. The van der Waals surface area contributed by atoms with Gasteiger partial charge in [0.15, 0.2) is 5.69 Å². The summed E-state index contributed by atoms with van der Waals surface area (Å²) in [6.45, 7) is 0.0638. The largest absolute Gasteiger partial charge is 0.456 e. The third-order valence-corrected chi connectivity index (χ3v) is 2.75. The quantitative estimate of drug-likeness (QED) is 0.481. The Morgan fingerprint density at radius 1 is 1.39 bits per heavy atom. The Morgan fingerprint density at radius 3 is 2.67 bits per heavy atom. The second-order valence-electron chi connectivity index (χ2n) is 3.37. The van der Waals surface area contributed by atoms with E-state index in [1.807, 2.05) is 0 Å². The van der Waals surface area contributed by atoms with Crippen LogP contribution in [0.5, 0.6) is 0 Å². The average molecular weight is 264 g/mol. The number of benzene rings is 1. The molecule has 1 aromatic carbocycles. The fraction of sp³-hybridized carbons (Fsp3) is 0.0909. The number of rotatable bonds is 4. The Labute approximate surface area is 106 Å². The monoisotopic (exact) mass is 264 g/mol. The Bertz CT molecular complexity index is 551. The Hall–Kier alpha value is -2.28. The maximum atomic E-state index is 11.5. The van der Waals surface area contributed by atoms with E-state index < -0.39 is 10.9 Å². The number of nitro benzene ring substituents is 1. The van der Waals surface area contributed by atoms with Crippen molar-refractivity contribution >= 4 is 23.0 Å². The van der Waals surface area contributed by atoms with Gasteiger partial charge in [-0.2, -0.15) is 0 Å². The number of non-ortho nitro benzene ring substituents is 1. The minimum Gasteiger partial charge on any atom is -0.456 e. The standard InChI is InChI=1S/C11H8N2O4S/c14-11(10-6-18-7-12-10)17-5-8-1-3-9(4-2-8)13(15)16/h1-4,6-7H,5H2. The summed E-state index contributed by atoms with van der Waals surface area (Å²) in [7, 11) is 0. The molecule has 1 aromatic heterocycles. The molecular formula is C11H8N2O4S. The van der Waals surface area contributed by atoms with Crippen molar-refractivity contribution in [1.29, 1.82) is 0 Å². The summed E-state index contributed by atoms with van der Waals surface area (Å²) in [6.07, 6.45) is 0. The molecule has 7 heteroatoms. The summed E-state index contributed by atoms with van der Waals surface area (Å²) in [5.41, 5.74) is 2.50. The van der Waals surface area contributed by atoms with Gasteiger partial charge in [0.05, 0.1) is 10.4 Å². The van der Waals surface area contributed by atoms with Crippen molar-refractivity contribution in [2.24, 2.45) is 0 Å². The van der Waals surface area contributed by atoms with E-state index in [0.717, 1.165) is 0 Å². The summed E-state index contributed by atoms with van der Waals surface area (Å²) in [5, 5.41) is 12.0. The molecule has 0 fully saturated rings. The number of hydrogen-bond donors (Lipinski definition) is 0. The van der Waals surface area contributed by atoms with Crippen molar-refractivity contribution in [2.45, 2.75) is 6.61 Å². The topological polar surface area (TPSA) is 82.3 Å². The van der Waals surface area contributed by atoms with E-state index in [2.05, 4.69) is 4.98 Å². The number of nitrogens with zero attached hydrogens (tertiary/aromatic N) is 2. The van der Waals surface area contributed by atoms with Gasteiger partial charge < -0.3 is 4.74 Å². The SMILES string of the molecule is O=C(OCc1ccc([N+](=O)[O-])cc1)c1cscn1. The van der Waals surface area contributed by atoms with Crippen LogP contribution in [0.15, 0.2) is 35.2 Å². The van der Waals surface area contributed by atoms with Gasteiger partial charge in [0.25, 0.3) is 5.69 Å². The van der Waals surface area contributed by atoms with Crippen LogP contribution in [-0.2, 0) is 11.3 Å². The second-order valence-corrected chi connectivity index (χ2v) is 4.09. The van der Waals surface area contributed by atoms with E-state index in [1.54, 1.807) is 23.0 Å². The zero-order valence-electron chi connectivity index (χ0n) is 9.11. The van der Waals surface area contributed by atoms with Gasteiger partial charge >= 0.3 is 5.97 Å². The van der Waals surface area contributed by atoms with Crippen molar-refractivity contribution in [3.05, 3.63) is 56.5 Å². The highest BCUT2D eigenvalue weighted by atomic mass is 32.1. The first-order valence-corrected chi connectivity index (χ1v) is 5.90. The van der Waals surface area contributed by atoms with Crippen molar-refractivity contribution in [1.82, 2.24) is 4.98 Å². The van der Waals surface area contributed by atoms with Gasteiger partial charge in [-0.1, -0.05) is 0 Å². The lowest BCUT2D eigenvalue weighted by Crippen LogP contribution is -2.05. The van der Waals surface area contributed by atoms with E-state index in [-0.39, 0.29) is 18.0 Å². The van der Waals surface area contributed by atoms with Crippen molar-refractivity contribution < 1.29 is 14.5 Å². The summed E-state index contributed by atoms with van der Waals surface area (Å²) >= 11 is 1.31. The molecule has 1 heterocycles. The normalized spacial score (nSPS) is 10.0. The lowest BCUT2D eigenvalue weighted by molar-refractivity contribution is -0.384. The van der Waals surface area contributed by atoms with Crippen LogP contribution in [0.2, 0.25) is 0 Å². The highest BCUT2D eigenvalue weighted by Crippen LogP contribution is 2.13. The third kappa shape index (κ3) is 2.89. The molecule has 2 aromatic rings. The fourth-order valence-corrected chi connectivity index (χ4v) is 1.77. The summed E-state index contributed by atoms with van der Waals surface area (Å²) in [5.74, 6) is -0.505. The first-order chi connectivity index (χ1) is 8.66. The molecule has 18 heavy (non-hydrogen) atoms. The highest BCUT2D eigenvalue weighted by molar-refractivity contribution is 7.07. The first kappa shape index (κ1) is 12.2. The lowest BCUT2D eigenvalue weighted by atomic mass is 10.2. The van der Waals surface area contributed by atoms with Crippen LogP contribution in [0.1, 0.15) is 16.1 Å².